The summed E-state index contributed by atoms with van der Waals surface area (Å²) in [6.07, 6.45) is 0. The van der Waals surface area contributed by atoms with Gasteiger partial charge in [0.1, 0.15) is 5.75 Å². The summed E-state index contributed by atoms with van der Waals surface area (Å²) < 4.78 is 0.876. The molecule has 21 heavy (non-hydrogen) atoms. The molecule has 2 aromatic carbocycles. The lowest BCUT2D eigenvalue weighted by Gasteiger charge is -2.04. The summed E-state index contributed by atoms with van der Waals surface area (Å²) in [7, 11) is 0. The molecule has 0 aliphatic carbocycles. The molecule has 0 saturated carbocycles. The molecule has 3 aromatic rings. The van der Waals surface area contributed by atoms with E-state index in [1.165, 1.54) is 29.5 Å². The van der Waals surface area contributed by atoms with Crippen LogP contribution in [0.4, 0.5) is 10.8 Å². The number of amides is 1. The van der Waals surface area contributed by atoms with Gasteiger partial charge < -0.3 is 10.8 Å². The molecule has 3 rings (SSSR count). The number of aromatic hydroxyl groups is 1. The molecule has 5 nitrogen and oxygen atoms in total. The zero-order chi connectivity index (χ0) is 15.0. The number of carbonyl (C=O) groups excluding carboxylic acids is 1. The monoisotopic (exact) mass is 319 g/mol. The normalized spacial score (nSPS) is 10.7. The first-order valence-electron chi connectivity index (χ1n) is 5.99. The molecule has 0 aliphatic heterocycles. The fraction of sp³-hybridized carbons (Fsp3) is 0. The zero-order valence-corrected chi connectivity index (χ0v) is 12.2. The molecule has 1 amide bonds. The molecule has 0 bridgehead atoms. The third-order valence-electron chi connectivity index (χ3n) is 2.84. The largest absolute Gasteiger partial charge is 0.507 e. The van der Waals surface area contributed by atoms with Crippen molar-refractivity contribution in [3.8, 4) is 5.75 Å². The zero-order valence-electron chi connectivity index (χ0n) is 10.6. The van der Waals surface area contributed by atoms with Gasteiger partial charge in [0.15, 0.2) is 5.13 Å². The lowest BCUT2D eigenvalue weighted by Crippen LogP contribution is -2.11. The van der Waals surface area contributed by atoms with Gasteiger partial charge in [-0.05, 0) is 36.4 Å². The number of hydrogen-bond acceptors (Lipinski definition) is 5. The van der Waals surface area contributed by atoms with Crippen molar-refractivity contribution >= 4 is 49.9 Å². The average molecular weight is 320 g/mol. The summed E-state index contributed by atoms with van der Waals surface area (Å²) in [6.45, 7) is 0. The van der Waals surface area contributed by atoms with Crippen LogP contribution in [0.3, 0.4) is 0 Å². The van der Waals surface area contributed by atoms with E-state index in [0.29, 0.717) is 15.8 Å². The van der Waals surface area contributed by atoms with Crippen LogP contribution in [-0.4, -0.2) is 16.0 Å². The average Bonchev–Trinajstić information content (AvgIpc) is 2.82. The van der Waals surface area contributed by atoms with Crippen molar-refractivity contribution in [2.45, 2.75) is 0 Å². The van der Waals surface area contributed by atoms with Gasteiger partial charge in [-0.3, -0.25) is 10.1 Å². The Labute approximate surface area is 129 Å². The van der Waals surface area contributed by atoms with Gasteiger partial charge in [-0.1, -0.05) is 22.9 Å². The van der Waals surface area contributed by atoms with Crippen LogP contribution >= 0.6 is 22.9 Å². The van der Waals surface area contributed by atoms with Crippen LogP contribution in [0.1, 0.15) is 10.4 Å². The molecule has 0 radical (unpaired) electrons. The van der Waals surface area contributed by atoms with Crippen molar-refractivity contribution in [1.82, 2.24) is 4.98 Å². The topological polar surface area (TPSA) is 88.2 Å². The van der Waals surface area contributed by atoms with Gasteiger partial charge in [0, 0.05) is 10.7 Å². The summed E-state index contributed by atoms with van der Waals surface area (Å²) in [6, 6.07) is 9.60. The number of anilines is 2. The quantitative estimate of drug-likeness (QED) is 0.631. The Morgan fingerprint density at radius 2 is 2.10 bits per heavy atom. The second kappa shape index (κ2) is 5.23. The van der Waals surface area contributed by atoms with Crippen molar-refractivity contribution in [2.24, 2.45) is 0 Å². The number of thiazole rings is 1. The summed E-state index contributed by atoms with van der Waals surface area (Å²) >= 11 is 7.13. The Hall–Kier alpha value is -2.31. The second-order valence-corrected chi connectivity index (χ2v) is 5.83. The molecule has 4 N–H and O–H groups in total. The molecule has 1 heterocycles. The fourth-order valence-electron chi connectivity index (χ4n) is 1.85. The summed E-state index contributed by atoms with van der Waals surface area (Å²) in [5.74, 6) is -0.607. The molecule has 106 valence electrons. The summed E-state index contributed by atoms with van der Waals surface area (Å²) in [4.78, 5) is 16.4. The van der Waals surface area contributed by atoms with Crippen molar-refractivity contribution < 1.29 is 9.90 Å². The highest BCUT2D eigenvalue weighted by Crippen LogP contribution is 2.29. The van der Waals surface area contributed by atoms with E-state index >= 15 is 0 Å². The smallest absolute Gasteiger partial charge is 0.261 e. The lowest BCUT2D eigenvalue weighted by molar-refractivity contribution is 0.102. The number of benzene rings is 2. The minimum absolute atomic E-state index is 0.0984. The van der Waals surface area contributed by atoms with Gasteiger partial charge in [-0.15, -0.1) is 0 Å². The Kier molecular flexibility index (Phi) is 3.40. The van der Waals surface area contributed by atoms with Crippen molar-refractivity contribution in [1.29, 1.82) is 0 Å². The van der Waals surface area contributed by atoms with E-state index in [-0.39, 0.29) is 11.3 Å². The third-order valence-corrected chi connectivity index (χ3v) is 4.00. The molecule has 0 unspecified atom stereocenters. The van der Waals surface area contributed by atoms with Crippen LogP contribution in [0.2, 0.25) is 5.02 Å². The van der Waals surface area contributed by atoms with Crippen LogP contribution in [0.5, 0.6) is 5.75 Å². The highest BCUT2D eigenvalue weighted by atomic mass is 35.5. The molecule has 7 heteroatoms. The van der Waals surface area contributed by atoms with Crippen molar-refractivity contribution in [3.63, 3.8) is 0 Å². The molecule has 0 aliphatic rings. The van der Waals surface area contributed by atoms with E-state index < -0.39 is 5.91 Å². The first-order chi connectivity index (χ1) is 10.0. The molecule has 1 aromatic heterocycles. The number of nitrogens with one attached hydrogen (secondary N) is 1. The van der Waals surface area contributed by atoms with Crippen LogP contribution < -0.4 is 11.1 Å². The van der Waals surface area contributed by atoms with Crippen LogP contribution in [0.25, 0.3) is 10.2 Å². The Balaban J connectivity index is 1.90. The maximum absolute atomic E-state index is 12.1. The maximum Gasteiger partial charge on any atom is 0.261 e. The van der Waals surface area contributed by atoms with Gasteiger partial charge >= 0.3 is 0 Å². The van der Waals surface area contributed by atoms with Gasteiger partial charge in [0.25, 0.3) is 5.91 Å². The maximum atomic E-state index is 12.1. The van der Waals surface area contributed by atoms with Gasteiger partial charge in [-0.25, -0.2) is 4.98 Å². The molecular weight excluding hydrogens is 310 g/mol. The third kappa shape index (κ3) is 2.76. The predicted octanol–water partition coefficient (Wildman–Crippen LogP) is 3.49. The van der Waals surface area contributed by atoms with E-state index in [1.807, 2.05) is 0 Å². The molecule has 0 spiro atoms. The Morgan fingerprint density at radius 3 is 2.90 bits per heavy atom. The van der Waals surface area contributed by atoms with E-state index in [4.69, 9.17) is 17.3 Å². The van der Waals surface area contributed by atoms with Crippen molar-refractivity contribution in [2.75, 3.05) is 11.1 Å². The van der Waals surface area contributed by atoms with Gasteiger partial charge in [0.05, 0.1) is 15.8 Å². The van der Waals surface area contributed by atoms with E-state index in [0.717, 1.165) is 10.2 Å². The first kappa shape index (κ1) is 13.7. The lowest BCUT2D eigenvalue weighted by atomic mass is 10.2. The number of nitrogens with zero attached hydrogens (tertiary/aromatic N) is 1. The number of carbonyl (C=O) groups is 1. The number of phenolic OH excluding ortho intramolecular Hbond substituents is 1. The molecule has 0 fully saturated rings. The molecular formula is C14H10ClN3O2S. The highest BCUT2D eigenvalue weighted by molar-refractivity contribution is 7.22. The molecule has 0 saturated heterocycles. The van der Waals surface area contributed by atoms with E-state index in [9.17, 15) is 9.90 Å². The minimum Gasteiger partial charge on any atom is -0.507 e. The van der Waals surface area contributed by atoms with Gasteiger partial charge in [-0.2, -0.15) is 0 Å². The summed E-state index contributed by atoms with van der Waals surface area (Å²) in [5, 5.41) is 13.2. The van der Waals surface area contributed by atoms with E-state index in [2.05, 4.69) is 10.3 Å². The highest BCUT2D eigenvalue weighted by Gasteiger charge is 2.14. The number of fused-ring (bicyclic) bond motifs is 1. The van der Waals surface area contributed by atoms with Crippen LogP contribution in [0, 0.1) is 0 Å². The summed E-state index contributed by atoms with van der Waals surface area (Å²) in [5.41, 5.74) is 7.19. The number of hydrogen-bond donors (Lipinski definition) is 3. The fourth-order valence-corrected chi connectivity index (χ4v) is 2.93. The van der Waals surface area contributed by atoms with Crippen LogP contribution in [0.15, 0.2) is 36.4 Å². The van der Waals surface area contributed by atoms with E-state index in [1.54, 1.807) is 18.2 Å². The van der Waals surface area contributed by atoms with Gasteiger partial charge in [0.2, 0.25) is 0 Å². The Morgan fingerprint density at radius 1 is 1.29 bits per heavy atom. The first-order valence-corrected chi connectivity index (χ1v) is 7.18. The number of phenols is 1. The van der Waals surface area contributed by atoms with Crippen LogP contribution in [-0.2, 0) is 0 Å². The SMILES string of the molecule is Nc1ccc2nc(NC(=O)c3cc(Cl)ccc3O)sc2c1. The Bertz CT molecular complexity index is 847. The molecule has 0 atom stereocenters. The second-order valence-electron chi connectivity index (χ2n) is 4.36. The standard InChI is InChI=1S/C14H10ClN3O2S/c15-7-1-4-11(19)9(5-7)13(20)18-14-17-10-3-2-8(16)6-12(10)21-14/h1-6,19H,16H2,(H,17,18,20). The number of halogens is 1. The predicted molar refractivity (Wildman–Crippen MR) is 85.1 cm³/mol. The van der Waals surface area contributed by atoms with Crippen molar-refractivity contribution in [3.05, 3.63) is 47.0 Å². The number of rotatable bonds is 2. The number of aromatic nitrogens is 1. The minimum atomic E-state index is -0.470. The number of nitrogens with two attached hydrogens (primary N) is 1. The number of nitrogen functional groups attached to an aromatic ring is 1.